The average molecular weight is 585 g/mol. The number of carboxylic acid groups (broad SMARTS) is 1. The second-order valence-electron chi connectivity index (χ2n) is 12.0. The van der Waals surface area contributed by atoms with Crippen LogP contribution in [-0.2, 0) is 22.4 Å². The van der Waals surface area contributed by atoms with Crippen LogP contribution in [0, 0.1) is 18.8 Å². The van der Waals surface area contributed by atoms with Gasteiger partial charge in [-0.15, -0.1) is 0 Å². The number of fused-ring (bicyclic) bond motifs is 1. The molecule has 3 atom stereocenters. The molecule has 0 aromatic heterocycles. The van der Waals surface area contributed by atoms with Crippen molar-refractivity contribution in [2.24, 2.45) is 11.8 Å². The summed E-state index contributed by atoms with van der Waals surface area (Å²) in [5.41, 5.74) is 5.95. The molecule has 1 amide bonds. The van der Waals surface area contributed by atoms with Gasteiger partial charge >= 0.3 is 5.97 Å². The van der Waals surface area contributed by atoms with Gasteiger partial charge in [0.2, 0.25) is 12.7 Å². The summed E-state index contributed by atoms with van der Waals surface area (Å²) in [7, 11) is 0. The maximum Gasteiger partial charge on any atom is 0.309 e. The maximum absolute atomic E-state index is 13.7. The van der Waals surface area contributed by atoms with E-state index in [1.807, 2.05) is 47.4 Å². The molecule has 6 rings (SSSR count). The summed E-state index contributed by atoms with van der Waals surface area (Å²) in [6.45, 7) is 7.58. The Hall–Kier alpha value is -4.04. The molecule has 0 bridgehead atoms. The van der Waals surface area contributed by atoms with Crippen LogP contribution in [0.3, 0.4) is 0 Å². The Labute approximate surface area is 252 Å². The smallest absolute Gasteiger partial charge is 0.309 e. The number of aryl methyl sites for hydroxylation is 3. The van der Waals surface area contributed by atoms with Crippen LogP contribution in [0.15, 0.2) is 54.6 Å². The van der Waals surface area contributed by atoms with Crippen LogP contribution < -0.4 is 19.5 Å². The van der Waals surface area contributed by atoms with Crippen molar-refractivity contribution in [3.8, 4) is 17.2 Å². The van der Waals surface area contributed by atoms with E-state index in [9.17, 15) is 14.7 Å². The summed E-state index contributed by atoms with van der Waals surface area (Å²) >= 11 is 0. The Morgan fingerprint density at radius 2 is 1.63 bits per heavy atom. The minimum Gasteiger partial charge on any atom is -0.493 e. The van der Waals surface area contributed by atoms with E-state index >= 15 is 0 Å². The fourth-order valence-electron chi connectivity index (χ4n) is 6.56. The standard InChI is InChI=1S/C35H40N2O6/c1-4-23-14-21(3)15-24(5-2)33(23)36-31(38)18-37-17-28(26-10-13-29-30(16-26)43-20-42-29)32(35(39)40)34(37)25-8-11-27(12-9-25)41-19-22-6-7-22/h8-16,22,28,32,34H,4-7,17-20H2,1-3H3,(H,36,38)(H,39,40)/t28-,32-,34+/m1/s1. The Balaban J connectivity index is 1.31. The van der Waals surface area contributed by atoms with Gasteiger partial charge in [-0.1, -0.05) is 49.7 Å². The van der Waals surface area contributed by atoms with Crippen LogP contribution in [0.2, 0.25) is 0 Å². The van der Waals surface area contributed by atoms with Crippen molar-refractivity contribution in [1.29, 1.82) is 0 Å². The Morgan fingerprint density at radius 3 is 2.28 bits per heavy atom. The summed E-state index contributed by atoms with van der Waals surface area (Å²) in [6, 6.07) is 17.1. The average Bonchev–Trinajstić information content (AvgIpc) is 3.58. The van der Waals surface area contributed by atoms with Crippen molar-refractivity contribution < 1.29 is 28.9 Å². The van der Waals surface area contributed by atoms with Gasteiger partial charge in [0.1, 0.15) is 5.75 Å². The van der Waals surface area contributed by atoms with E-state index in [4.69, 9.17) is 14.2 Å². The topological polar surface area (TPSA) is 97.3 Å². The summed E-state index contributed by atoms with van der Waals surface area (Å²) < 4.78 is 17.0. The number of nitrogens with one attached hydrogen (secondary N) is 1. The highest BCUT2D eigenvalue weighted by Crippen LogP contribution is 2.48. The van der Waals surface area contributed by atoms with E-state index in [1.165, 1.54) is 18.4 Å². The van der Waals surface area contributed by atoms with Gasteiger partial charge in [0.15, 0.2) is 11.5 Å². The number of ether oxygens (including phenoxy) is 3. The molecule has 8 heteroatoms. The first-order chi connectivity index (χ1) is 20.8. The number of aliphatic carboxylic acids is 1. The van der Waals surface area contributed by atoms with E-state index in [-0.39, 0.29) is 25.2 Å². The highest BCUT2D eigenvalue weighted by molar-refractivity contribution is 5.94. The van der Waals surface area contributed by atoms with Gasteiger partial charge in [-0.25, -0.2) is 0 Å². The molecule has 1 aliphatic carbocycles. The number of rotatable bonds is 11. The van der Waals surface area contributed by atoms with Crippen molar-refractivity contribution in [2.45, 2.75) is 58.4 Å². The largest absolute Gasteiger partial charge is 0.493 e. The molecular weight excluding hydrogens is 544 g/mol. The summed E-state index contributed by atoms with van der Waals surface area (Å²) in [4.78, 5) is 28.7. The lowest BCUT2D eigenvalue weighted by atomic mass is 9.82. The molecule has 2 aliphatic heterocycles. The van der Waals surface area contributed by atoms with Crippen molar-refractivity contribution in [1.82, 2.24) is 4.90 Å². The zero-order valence-corrected chi connectivity index (χ0v) is 25.1. The summed E-state index contributed by atoms with van der Waals surface area (Å²) in [5, 5.41) is 13.8. The molecule has 3 aromatic rings. The lowest BCUT2D eigenvalue weighted by molar-refractivity contribution is -0.143. The van der Waals surface area contributed by atoms with Crippen molar-refractivity contribution >= 4 is 17.6 Å². The molecule has 2 fully saturated rings. The molecule has 2 heterocycles. The number of benzene rings is 3. The number of carboxylic acids is 1. The van der Waals surface area contributed by atoms with Crippen molar-refractivity contribution in [3.05, 3.63) is 82.4 Å². The van der Waals surface area contributed by atoms with Crippen LogP contribution >= 0.6 is 0 Å². The van der Waals surface area contributed by atoms with E-state index in [1.54, 1.807) is 0 Å². The zero-order valence-electron chi connectivity index (χ0n) is 25.1. The molecule has 0 radical (unpaired) electrons. The van der Waals surface area contributed by atoms with Gasteiger partial charge in [-0.3, -0.25) is 14.5 Å². The van der Waals surface area contributed by atoms with E-state index in [0.29, 0.717) is 30.6 Å². The molecule has 8 nitrogen and oxygen atoms in total. The lowest BCUT2D eigenvalue weighted by Gasteiger charge is -2.27. The molecular formula is C35H40N2O6. The predicted molar refractivity (Wildman–Crippen MR) is 164 cm³/mol. The van der Waals surface area contributed by atoms with Crippen molar-refractivity contribution in [2.75, 3.05) is 31.8 Å². The number of hydrogen-bond acceptors (Lipinski definition) is 6. The lowest BCUT2D eigenvalue weighted by Crippen LogP contribution is -2.35. The summed E-state index contributed by atoms with van der Waals surface area (Å²) in [6.07, 6.45) is 4.03. The molecule has 3 aliphatic rings. The number of hydrogen-bond donors (Lipinski definition) is 2. The minimum atomic E-state index is -0.898. The van der Waals surface area contributed by atoms with Gasteiger partial charge in [0.25, 0.3) is 0 Å². The molecule has 226 valence electrons. The van der Waals surface area contributed by atoms with E-state index in [2.05, 4.69) is 38.2 Å². The van der Waals surface area contributed by atoms with Crippen LogP contribution in [0.25, 0.3) is 0 Å². The first-order valence-electron chi connectivity index (χ1n) is 15.4. The Kier molecular flexibility index (Phi) is 8.30. The van der Waals surface area contributed by atoms with Gasteiger partial charge < -0.3 is 24.6 Å². The number of nitrogens with zero attached hydrogens (tertiary/aromatic N) is 1. The van der Waals surface area contributed by atoms with Gasteiger partial charge in [-0.2, -0.15) is 0 Å². The summed E-state index contributed by atoms with van der Waals surface area (Å²) in [5.74, 6) is 0.497. The molecule has 1 saturated heterocycles. The number of likely N-dealkylation sites (tertiary alicyclic amines) is 1. The number of carbonyl (C=O) groups is 2. The number of anilines is 1. The molecule has 0 spiro atoms. The second kappa shape index (κ2) is 12.3. The zero-order chi connectivity index (χ0) is 30.1. The van der Waals surface area contributed by atoms with Crippen LogP contribution in [0.1, 0.15) is 66.5 Å². The quantitative estimate of drug-likeness (QED) is 0.280. The highest BCUT2D eigenvalue weighted by atomic mass is 16.7. The molecule has 3 aromatic carbocycles. The monoisotopic (exact) mass is 584 g/mol. The minimum absolute atomic E-state index is 0.0651. The second-order valence-corrected chi connectivity index (χ2v) is 12.0. The predicted octanol–water partition coefficient (Wildman–Crippen LogP) is 6.12. The van der Waals surface area contributed by atoms with Crippen LogP contribution in [0.5, 0.6) is 17.2 Å². The first kappa shape index (κ1) is 29.1. The Morgan fingerprint density at radius 1 is 0.953 bits per heavy atom. The first-order valence-corrected chi connectivity index (χ1v) is 15.4. The van der Waals surface area contributed by atoms with E-state index in [0.717, 1.165) is 46.5 Å². The molecule has 43 heavy (non-hydrogen) atoms. The van der Waals surface area contributed by atoms with Crippen LogP contribution in [0.4, 0.5) is 5.69 Å². The Bertz CT molecular complexity index is 1470. The fourth-order valence-corrected chi connectivity index (χ4v) is 6.56. The fraction of sp³-hybridized carbons (Fsp3) is 0.429. The normalized spacial score (nSPS) is 21.1. The molecule has 2 N–H and O–H groups in total. The third-order valence-electron chi connectivity index (χ3n) is 8.93. The molecule has 1 saturated carbocycles. The van der Waals surface area contributed by atoms with Gasteiger partial charge in [0, 0.05) is 24.2 Å². The van der Waals surface area contributed by atoms with Crippen LogP contribution in [-0.4, -0.2) is 48.4 Å². The highest BCUT2D eigenvalue weighted by Gasteiger charge is 2.48. The molecule has 0 unspecified atom stereocenters. The van der Waals surface area contributed by atoms with Gasteiger partial charge in [0.05, 0.1) is 19.1 Å². The third kappa shape index (κ3) is 6.20. The van der Waals surface area contributed by atoms with E-state index < -0.39 is 17.9 Å². The third-order valence-corrected chi connectivity index (χ3v) is 8.93. The number of carbonyl (C=O) groups excluding carboxylic acids is 1. The maximum atomic E-state index is 13.7. The van der Waals surface area contributed by atoms with Crippen molar-refractivity contribution in [3.63, 3.8) is 0 Å². The number of amides is 1. The van der Waals surface area contributed by atoms with Gasteiger partial charge in [-0.05, 0) is 85.0 Å². The SMILES string of the molecule is CCc1cc(C)cc(CC)c1NC(=O)CN1C[C@H](c2ccc3c(c2)OCO3)[C@@H](C(=O)O)[C@@H]1c1ccc(OCC2CC2)cc1.